The molecule has 1 aromatic carbocycles. The molecule has 1 unspecified atom stereocenters. The fourth-order valence-corrected chi connectivity index (χ4v) is 3.27. The van der Waals surface area contributed by atoms with Crippen LogP contribution in [0.25, 0.3) is 0 Å². The van der Waals surface area contributed by atoms with Crippen molar-refractivity contribution in [3.05, 3.63) is 35.9 Å². The van der Waals surface area contributed by atoms with Gasteiger partial charge >= 0.3 is 0 Å². The third kappa shape index (κ3) is 4.24. The van der Waals surface area contributed by atoms with Crippen LogP contribution in [0.15, 0.2) is 30.3 Å². The van der Waals surface area contributed by atoms with Crippen LogP contribution in [0.3, 0.4) is 0 Å². The summed E-state index contributed by atoms with van der Waals surface area (Å²) in [7, 11) is 0. The predicted molar refractivity (Wildman–Crippen MR) is 91.0 cm³/mol. The SMILES string of the molecule is Cl.NC1CCN(C(=O)C2CC(=O)N(Cc3ccccc3)C2)CC1. The molecule has 0 aromatic heterocycles. The Kier molecular flexibility index (Phi) is 6.02. The number of nitrogens with zero attached hydrogens (tertiary/aromatic N) is 2. The summed E-state index contributed by atoms with van der Waals surface area (Å²) >= 11 is 0. The molecule has 1 atom stereocenters. The molecule has 0 spiro atoms. The molecule has 2 fully saturated rings. The van der Waals surface area contributed by atoms with E-state index in [1.165, 1.54) is 0 Å². The quantitative estimate of drug-likeness (QED) is 0.906. The lowest BCUT2D eigenvalue weighted by Crippen LogP contribution is -2.45. The standard InChI is InChI=1S/C17H23N3O2.ClH/c18-15-6-8-19(9-7-15)17(22)14-10-16(21)20(12-14)11-13-4-2-1-3-5-13;/h1-5,14-15H,6-12,18H2;1H. The van der Waals surface area contributed by atoms with Crippen LogP contribution in [-0.2, 0) is 16.1 Å². The minimum Gasteiger partial charge on any atom is -0.342 e. The highest BCUT2D eigenvalue weighted by molar-refractivity contribution is 5.89. The number of carbonyl (C=O) groups is 2. The van der Waals surface area contributed by atoms with E-state index in [-0.39, 0.29) is 36.2 Å². The van der Waals surface area contributed by atoms with Crippen LogP contribution in [-0.4, -0.2) is 47.3 Å². The van der Waals surface area contributed by atoms with Crippen molar-refractivity contribution in [2.45, 2.75) is 31.8 Å². The second kappa shape index (κ2) is 7.79. The Morgan fingerprint density at radius 2 is 1.83 bits per heavy atom. The first-order chi connectivity index (χ1) is 10.6. The molecule has 23 heavy (non-hydrogen) atoms. The summed E-state index contributed by atoms with van der Waals surface area (Å²) in [4.78, 5) is 28.4. The highest BCUT2D eigenvalue weighted by Gasteiger charge is 2.37. The average Bonchev–Trinajstić information content (AvgIpc) is 2.89. The Bertz CT molecular complexity index is 544. The number of hydrogen-bond donors (Lipinski definition) is 1. The Hall–Kier alpha value is -1.59. The van der Waals surface area contributed by atoms with Gasteiger partial charge in [-0.15, -0.1) is 12.4 Å². The number of nitrogens with two attached hydrogens (primary N) is 1. The molecule has 2 heterocycles. The van der Waals surface area contributed by atoms with E-state index in [2.05, 4.69) is 0 Å². The van der Waals surface area contributed by atoms with Gasteiger partial charge in [0.2, 0.25) is 11.8 Å². The summed E-state index contributed by atoms with van der Waals surface area (Å²) < 4.78 is 0. The second-order valence-electron chi connectivity index (χ2n) is 6.32. The third-order valence-corrected chi connectivity index (χ3v) is 4.63. The van der Waals surface area contributed by atoms with E-state index in [1.807, 2.05) is 35.2 Å². The number of likely N-dealkylation sites (tertiary alicyclic amines) is 2. The Labute approximate surface area is 143 Å². The first kappa shape index (κ1) is 17.8. The van der Waals surface area contributed by atoms with E-state index in [4.69, 9.17) is 5.73 Å². The van der Waals surface area contributed by atoms with Gasteiger partial charge in [-0.3, -0.25) is 9.59 Å². The van der Waals surface area contributed by atoms with E-state index in [1.54, 1.807) is 4.90 Å². The van der Waals surface area contributed by atoms with Crippen molar-refractivity contribution in [1.82, 2.24) is 9.80 Å². The molecule has 6 heteroatoms. The molecular weight excluding hydrogens is 314 g/mol. The molecule has 0 radical (unpaired) electrons. The minimum absolute atomic E-state index is 0. The molecule has 0 saturated carbocycles. The van der Waals surface area contributed by atoms with Crippen LogP contribution in [0, 0.1) is 5.92 Å². The summed E-state index contributed by atoms with van der Waals surface area (Å²) in [6.45, 7) is 2.58. The van der Waals surface area contributed by atoms with Crippen molar-refractivity contribution in [3.8, 4) is 0 Å². The lowest BCUT2D eigenvalue weighted by atomic mass is 10.0. The van der Waals surface area contributed by atoms with Crippen LogP contribution >= 0.6 is 12.4 Å². The van der Waals surface area contributed by atoms with Crippen molar-refractivity contribution in [2.75, 3.05) is 19.6 Å². The van der Waals surface area contributed by atoms with Crippen molar-refractivity contribution >= 4 is 24.2 Å². The zero-order valence-corrected chi connectivity index (χ0v) is 14.0. The van der Waals surface area contributed by atoms with Crippen molar-refractivity contribution < 1.29 is 9.59 Å². The molecule has 1 aromatic rings. The first-order valence-corrected chi connectivity index (χ1v) is 7.99. The number of carbonyl (C=O) groups excluding carboxylic acids is 2. The maximum Gasteiger partial charge on any atom is 0.227 e. The molecular formula is C17H24ClN3O2. The largest absolute Gasteiger partial charge is 0.342 e. The number of amides is 2. The molecule has 0 aliphatic carbocycles. The number of piperidine rings is 1. The van der Waals surface area contributed by atoms with Crippen LogP contribution in [0.4, 0.5) is 0 Å². The molecule has 0 bridgehead atoms. The predicted octanol–water partition coefficient (Wildman–Crippen LogP) is 1.41. The maximum atomic E-state index is 12.6. The second-order valence-corrected chi connectivity index (χ2v) is 6.32. The van der Waals surface area contributed by atoms with Gasteiger partial charge < -0.3 is 15.5 Å². The van der Waals surface area contributed by atoms with Crippen LogP contribution in [0.5, 0.6) is 0 Å². The van der Waals surface area contributed by atoms with Crippen LogP contribution in [0.1, 0.15) is 24.8 Å². The average molecular weight is 338 g/mol. The smallest absolute Gasteiger partial charge is 0.227 e. The zero-order valence-electron chi connectivity index (χ0n) is 13.2. The van der Waals surface area contributed by atoms with E-state index < -0.39 is 0 Å². The third-order valence-electron chi connectivity index (χ3n) is 4.63. The summed E-state index contributed by atoms with van der Waals surface area (Å²) in [5, 5.41) is 0. The Balaban J connectivity index is 0.00000192. The molecule has 2 saturated heterocycles. The summed E-state index contributed by atoms with van der Waals surface area (Å²) in [6.07, 6.45) is 2.06. The highest BCUT2D eigenvalue weighted by Crippen LogP contribution is 2.23. The van der Waals surface area contributed by atoms with E-state index >= 15 is 0 Å². The summed E-state index contributed by atoms with van der Waals surface area (Å²) in [5.74, 6) is 0.0114. The van der Waals surface area contributed by atoms with Gasteiger partial charge in [0.15, 0.2) is 0 Å². The van der Waals surface area contributed by atoms with Gasteiger partial charge in [-0.1, -0.05) is 30.3 Å². The molecule has 2 aliphatic heterocycles. The Morgan fingerprint density at radius 1 is 1.17 bits per heavy atom. The maximum absolute atomic E-state index is 12.6. The monoisotopic (exact) mass is 337 g/mol. The topological polar surface area (TPSA) is 66.6 Å². The van der Waals surface area contributed by atoms with Gasteiger partial charge in [0.1, 0.15) is 0 Å². The number of halogens is 1. The number of hydrogen-bond acceptors (Lipinski definition) is 3. The van der Waals surface area contributed by atoms with E-state index in [0.29, 0.717) is 19.5 Å². The fraction of sp³-hybridized carbons (Fsp3) is 0.529. The minimum atomic E-state index is -0.189. The molecule has 2 aliphatic rings. The van der Waals surface area contributed by atoms with Crippen LogP contribution < -0.4 is 5.73 Å². The number of benzene rings is 1. The van der Waals surface area contributed by atoms with Gasteiger partial charge in [-0.25, -0.2) is 0 Å². The Morgan fingerprint density at radius 3 is 2.48 bits per heavy atom. The molecule has 5 nitrogen and oxygen atoms in total. The van der Waals surface area contributed by atoms with Gasteiger partial charge in [-0.05, 0) is 18.4 Å². The van der Waals surface area contributed by atoms with Crippen molar-refractivity contribution in [1.29, 1.82) is 0 Å². The van der Waals surface area contributed by atoms with Gasteiger partial charge in [0, 0.05) is 38.6 Å². The van der Waals surface area contributed by atoms with E-state index in [9.17, 15) is 9.59 Å². The zero-order chi connectivity index (χ0) is 15.5. The first-order valence-electron chi connectivity index (χ1n) is 7.99. The lowest BCUT2D eigenvalue weighted by Gasteiger charge is -2.31. The van der Waals surface area contributed by atoms with Gasteiger partial charge in [0.25, 0.3) is 0 Å². The summed E-state index contributed by atoms with van der Waals surface area (Å²) in [5.41, 5.74) is 6.98. The van der Waals surface area contributed by atoms with Gasteiger partial charge in [0.05, 0.1) is 5.92 Å². The van der Waals surface area contributed by atoms with Crippen LogP contribution in [0.2, 0.25) is 0 Å². The molecule has 2 N–H and O–H groups in total. The van der Waals surface area contributed by atoms with Crippen molar-refractivity contribution in [3.63, 3.8) is 0 Å². The molecule has 3 rings (SSSR count). The van der Waals surface area contributed by atoms with Gasteiger partial charge in [-0.2, -0.15) is 0 Å². The normalized spacial score (nSPS) is 22.1. The van der Waals surface area contributed by atoms with Crippen molar-refractivity contribution in [2.24, 2.45) is 11.7 Å². The number of rotatable bonds is 3. The molecule has 126 valence electrons. The molecule has 2 amide bonds. The fourth-order valence-electron chi connectivity index (χ4n) is 3.27. The lowest BCUT2D eigenvalue weighted by molar-refractivity contribution is -0.136. The highest BCUT2D eigenvalue weighted by atomic mass is 35.5. The summed E-state index contributed by atoms with van der Waals surface area (Å²) in [6, 6.07) is 10.1. The van der Waals surface area contributed by atoms with E-state index in [0.717, 1.165) is 31.5 Å².